The van der Waals surface area contributed by atoms with Crippen molar-refractivity contribution in [1.82, 2.24) is 0 Å². The van der Waals surface area contributed by atoms with Crippen LogP contribution < -0.4 is 16.2 Å². The van der Waals surface area contributed by atoms with E-state index in [9.17, 15) is 4.79 Å². The molecule has 0 unspecified atom stereocenters. The average Bonchev–Trinajstić information content (AvgIpc) is 2.82. The molecule has 0 radical (unpaired) electrons. The third-order valence-corrected chi connectivity index (χ3v) is 6.13. The van der Waals surface area contributed by atoms with Crippen LogP contribution in [0.25, 0.3) is 0 Å². The highest BCUT2D eigenvalue weighted by Gasteiger charge is 2.32. The molecule has 5 N–H and O–H groups in total. The molecule has 6 nitrogen and oxygen atoms in total. The maximum atomic E-state index is 12.1. The van der Waals surface area contributed by atoms with E-state index in [2.05, 4.69) is 26.0 Å². The second kappa shape index (κ2) is 11.8. The molecule has 0 saturated carbocycles. The Bertz CT molecular complexity index is 863. The first-order valence-corrected chi connectivity index (χ1v) is 11.0. The number of nitrogens with two attached hydrogens (primary N) is 2. The van der Waals surface area contributed by atoms with E-state index in [1.54, 1.807) is 0 Å². The summed E-state index contributed by atoms with van der Waals surface area (Å²) in [4.78, 5) is 12.1. The summed E-state index contributed by atoms with van der Waals surface area (Å²) in [5.41, 5.74) is 16.3. The lowest BCUT2D eigenvalue weighted by atomic mass is 9.69. The molecule has 31 heavy (non-hydrogen) atoms. The summed E-state index contributed by atoms with van der Waals surface area (Å²) < 4.78 is 10.8. The molecular formula is C25H36N2O4. The monoisotopic (exact) mass is 428 g/mol. The van der Waals surface area contributed by atoms with Gasteiger partial charge in [-0.05, 0) is 60.6 Å². The fourth-order valence-electron chi connectivity index (χ4n) is 4.18. The van der Waals surface area contributed by atoms with Gasteiger partial charge < -0.3 is 26.0 Å². The Morgan fingerprint density at radius 3 is 2.13 bits per heavy atom. The van der Waals surface area contributed by atoms with Crippen LogP contribution in [0.2, 0.25) is 0 Å². The minimum absolute atomic E-state index is 0.168. The summed E-state index contributed by atoms with van der Waals surface area (Å²) in [5, 5.41) is 8.94. The van der Waals surface area contributed by atoms with Crippen molar-refractivity contribution in [3.8, 4) is 5.75 Å². The molecule has 0 aliphatic carbocycles. The normalized spacial score (nSPS) is 11.4. The van der Waals surface area contributed by atoms with Crippen LogP contribution in [0.3, 0.4) is 0 Å². The number of hydrogen-bond acceptors (Lipinski definition) is 6. The number of aliphatic hydroxyl groups excluding tert-OH is 1. The molecule has 0 heterocycles. The van der Waals surface area contributed by atoms with Crippen LogP contribution in [-0.2, 0) is 23.2 Å². The standard InChI is InChI=1S/C25H36N2O4/c1-4-25(5-2,20-8-10-22(24(29)30-3)18(14-20)16-26)21-9-11-23(19(15-21)17-27)31-13-7-6-12-28/h8-11,14-15,28H,4-7,12-13,16-17,26-27H2,1-3H3. The van der Waals surface area contributed by atoms with Gasteiger partial charge in [0.1, 0.15) is 5.75 Å². The Hall–Kier alpha value is -2.41. The Morgan fingerprint density at radius 1 is 0.968 bits per heavy atom. The molecule has 0 aliphatic heterocycles. The van der Waals surface area contributed by atoms with E-state index >= 15 is 0 Å². The molecule has 2 rings (SSSR count). The molecule has 170 valence electrons. The highest BCUT2D eigenvalue weighted by Crippen LogP contribution is 2.41. The van der Waals surface area contributed by atoms with Gasteiger partial charge in [-0.1, -0.05) is 32.0 Å². The average molecular weight is 429 g/mol. The number of aliphatic hydroxyl groups is 1. The van der Waals surface area contributed by atoms with Gasteiger partial charge in [-0.15, -0.1) is 0 Å². The summed E-state index contributed by atoms with van der Waals surface area (Å²) in [6.07, 6.45) is 3.28. The van der Waals surface area contributed by atoms with E-state index in [-0.39, 0.29) is 24.5 Å². The quantitative estimate of drug-likeness (QED) is 0.352. The highest BCUT2D eigenvalue weighted by atomic mass is 16.5. The maximum absolute atomic E-state index is 12.1. The molecule has 0 fully saturated rings. The van der Waals surface area contributed by atoms with Gasteiger partial charge in [-0.3, -0.25) is 0 Å². The van der Waals surface area contributed by atoms with Crippen molar-refractivity contribution >= 4 is 5.97 Å². The van der Waals surface area contributed by atoms with Crippen molar-refractivity contribution in [2.75, 3.05) is 20.3 Å². The van der Waals surface area contributed by atoms with Crippen LogP contribution >= 0.6 is 0 Å². The van der Waals surface area contributed by atoms with Crippen LogP contribution in [0.4, 0.5) is 0 Å². The summed E-state index contributed by atoms with van der Waals surface area (Å²) >= 11 is 0. The Balaban J connectivity index is 2.47. The van der Waals surface area contributed by atoms with E-state index in [1.165, 1.54) is 7.11 Å². The van der Waals surface area contributed by atoms with Crippen LogP contribution in [0.1, 0.15) is 72.1 Å². The SMILES string of the molecule is CCC(CC)(c1ccc(OCCCCO)c(CN)c1)c1ccc(C(=O)OC)c(CN)c1. The van der Waals surface area contributed by atoms with Gasteiger partial charge in [-0.2, -0.15) is 0 Å². The summed E-state index contributed by atoms with van der Waals surface area (Å²) in [5.74, 6) is 0.410. The largest absolute Gasteiger partial charge is 0.493 e. The molecule has 0 bridgehead atoms. The van der Waals surface area contributed by atoms with Crippen molar-refractivity contribution in [3.05, 3.63) is 64.2 Å². The van der Waals surface area contributed by atoms with Gasteiger partial charge >= 0.3 is 5.97 Å². The minimum Gasteiger partial charge on any atom is -0.493 e. The van der Waals surface area contributed by atoms with Crippen LogP contribution in [0.15, 0.2) is 36.4 Å². The molecule has 0 aliphatic rings. The topological polar surface area (TPSA) is 108 Å². The Kier molecular flexibility index (Phi) is 9.49. The highest BCUT2D eigenvalue weighted by molar-refractivity contribution is 5.91. The van der Waals surface area contributed by atoms with Crippen LogP contribution in [0.5, 0.6) is 5.75 Å². The molecule has 0 aromatic heterocycles. The third-order valence-electron chi connectivity index (χ3n) is 6.13. The first-order chi connectivity index (χ1) is 15.0. The van der Waals surface area contributed by atoms with Gasteiger partial charge in [0.05, 0.1) is 19.3 Å². The fourth-order valence-corrected chi connectivity index (χ4v) is 4.18. The molecule has 0 spiro atoms. The zero-order valence-electron chi connectivity index (χ0n) is 18.9. The van der Waals surface area contributed by atoms with Crippen LogP contribution in [0, 0.1) is 0 Å². The molecule has 2 aromatic carbocycles. The lowest BCUT2D eigenvalue weighted by Crippen LogP contribution is -2.27. The van der Waals surface area contributed by atoms with E-state index in [0.717, 1.165) is 53.7 Å². The Labute approximate surface area is 185 Å². The predicted molar refractivity (Wildman–Crippen MR) is 123 cm³/mol. The maximum Gasteiger partial charge on any atom is 0.338 e. The van der Waals surface area contributed by atoms with Crippen molar-refractivity contribution in [2.24, 2.45) is 11.5 Å². The lowest BCUT2D eigenvalue weighted by molar-refractivity contribution is 0.0599. The van der Waals surface area contributed by atoms with Crippen LogP contribution in [-0.4, -0.2) is 31.4 Å². The zero-order valence-corrected chi connectivity index (χ0v) is 18.9. The molecule has 6 heteroatoms. The number of benzene rings is 2. The smallest absolute Gasteiger partial charge is 0.338 e. The van der Waals surface area contributed by atoms with Crippen molar-refractivity contribution < 1.29 is 19.4 Å². The molecular weight excluding hydrogens is 392 g/mol. The van der Waals surface area contributed by atoms with Crippen molar-refractivity contribution in [2.45, 2.75) is 58.0 Å². The number of hydrogen-bond donors (Lipinski definition) is 3. The minimum atomic E-state index is -0.376. The third kappa shape index (κ3) is 5.45. The summed E-state index contributed by atoms with van der Waals surface area (Å²) in [7, 11) is 1.38. The number of carbonyl (C=O) groups excluding carboxylic acids is 1. The van der Waals surface area contributed by atoms with Gasteiger partial charge in [-0.25, -0.2) is 4.79 Å². The molecule has 0 saturated heterocycles. The van der Waals surface area contributed by atoms with E-state index in [4.69, 9.17) is 26.0 Å². The van der Waals surface area contributed by atoms with Crippen molar-refractivity contribution in [3.63, 3.8) is 0 Å². The number of esters is 1. The predicted octanol–water partition coefficient (Wildman–Crippen LogP) is 3.65. The molecule has 2 aromatic rings. The number of rotatable bonds is 12. The van der Waals surface area contributed by atoms with Gasteiger partial charge in [0.2, 0.25) is 0 Å². The fraction of sp³-hybridized carbons (Fsp3) is 0.480. The lowest BCUT2D eigenvalue weighted by Gasteiger charge is -2.34. The Morgan fingerprint density at radius 2 is 1.58 bits per heavy atom. The molecule has 0 atom stereocenters. The summed E-state index contributed by atoms with van der Waals surface area (Å²) in [6, 6.07) is 12.1. The number of methoxy groups -OCH3 is 1. The first kappa shape index (κ1) is 24.9. The van der Waals surface area contributed by atoms with E-state index in [0.29, 0.717) is 18.7 Å². The molecule has 0 amide bonds. The number of carbonyl (C=O) groups is 1. The van der Waals surface area contributed by atoms with E-state index in [1.807, 2.05) is 24.3 Å². The van der Waals surface area contributed by atoms with Gasteiger partial charge in [0, 0.05) is 30.7 Å². The van der Waals surface area contributed by atoms with Gasteiger partial charge in [0.15, 0.2) is 0 Å². The number of unbranched alkanes of at least 4 members (excludes halogenated alkanes) is 1. The number of ether oxygens (including phenoxy) is 2. The van der Waals surface area contributed by atoms with Crippen molar-refractivity contribution in [1.29, 1.82) is 0 Å². The van der Waals surface area contributed by atoms with E-state index < -0.39 is 0 Å². The second-order valence-corrected chi connectivity index (χ2v) is 7.66. The van der Waals surface area contributed by atoms with Gasteiger partial charge in [0.25, 0.3) is 0 Å². The first-order valence-electron chi connectivity index (χ1n) is 11.0. The zero-order chi connectivity index (χ0) is 22.9. The summed E-state index contributed by atoms with van der Waals surface area (Å²) in [6.45, 7) is 5.69. The second-order valence-electron chi connectivity index (χ2n) is 7.66.